The molecule has 0 aromatic carbocycles. The Kier molecular flexibility index (Phi) is 9.50. The van der Waals surface area contributed by atoms with E-state index < -0.39 is 11.9 Å². The van der Waals surface area contributed by atoms with Gasteiger partial charge < -0.3 is 14.6 Å². The molecular formula is C16H27NO5. The summed E-state index contributed by atoms with van der Waals surface area (Å²) in [6.45, 7) is 6.56. The van der Waals surface area contributed by atoms with Crippen molar-refractivity contribution in [3.05, 3.63) is 12.2 Å². The minimum atomic E-state index is -1.14. The van der Waals surface area contributed by atoms with Crippen molar-refractivity contribution in [2.24, 2.45) is 0 Å². The average molecular weight is 313 g/mol. The Labute approximate surface area is 132 Å². The molecule has 126 valence electrons. The molecule has 1 fully saturated rings. The summed E-state index contributed by atoms with van der Waals surface area (Å²) < 4.78 is 10.7. The van der Waals surface area contributed by atoms with Gasteiger partial charge in [-0.1, -0.05) is 19.8 Å². The van der Waals surface area contributed by atoms with Gasteiger partial charge in [0.25, 0.3) is 0 Å². The van der Waals surface area contributed by atoms with E-state index in [4.69, 9.17) is 14.6 Å². The largest absolute Gasteiger partial charge is 0.478 e. The first kappa shape index (κ1) is 18.6. The van der Waals surface area contributed by atoms with Gasteiger partial charge in [0.05, 0.1) is 13.2 Å². The summed E-state index contributed by atoms with van der Waals surface area (Å²) in [6.07, 6.45) is 6.30. The van der Waals surface area contributed by atoms with E-state index in [-0.39, 0.29) is 6.10 Å². The topological polar surface area (TPSA) is 76.1 Å². The fourth-order valence-corrected chi connectivity index (χ4v) is 2.40. The number of carboxylic acid groups (broad SMARTS) is 1. The molecule has 0 bridgehead atoms. The van der Waals surface area contributed by atoms with Crippen molar-refractivity contribution < 1.29 is 24.2 Å². The number of carbonyl (C=O) groups excluding carboxylic acids is 1. The number of nitrogens with zero attached hydrogens (tertiary/aromatic N) is 1. The van der Waals surface area contributed by atoms with Crippen LogP contribution in [-0.2, 0) is 19.1 Å². The van der Waals surface area contributed by atoms with Gasteiger partial charge in [0.1, 0.15) is 6.10 Å². The molecule has 1 atom stereocenters. The first-order valence-corrected chi connectivity index (χ1v) is 8.03. The Hall–Kier alpha value is -1.40. The van der Waals surface area contributed by atoms with Crippen molar-refractivity contribution in [2.45, 2.75) is 45.1 Å². The number of hydrogen-bond donors (Lipinski definition) is 1. The van der Waals surface area contributed by atoms with E-state index in [9.17, 15) is 9.59 Å². The smallest absolute Gasteiger partial charge is 0.331 e. The summed E-state index contributed by atoms with van der Waals surface area (Å²) in [5.41, 5.74) is 0. The van der Waals surface area contributed by atoms with Crippen LogP contribution in [0.1, 0.15) is 39.0 Å². The molecule has 1 saturated heterocycles. The Morgan fingerprint density at radius 2 is 1.91 bits per heavy atom. The summed E-state index contributed by atoms with van der Waals surface area (Å²) in [5, 5.41) is 8.51. The maximum atomic E-state index is 11.6. The zero-order chi connectivity index (χ0) is 16.2. The molecule has 6 heteroatoms. The second-order valence-corrected chi connectivity index (χ2v) is 5.47. The van der Waals surface area contributed by atoms with E-state index in [2.05, 4.69) is 11.8 Å². The molecule has 6 nitrogen and oxygen atoms in total. The molecule has 0 aromatic rings. The molecule has 1 aliphatic rings. The quantitative estimate of drug-likeness (QED) is 0.490. The highest BCUT2D eigenvalue weighted by molar-refractivity contribution is 5.90. The second kappa shape index (κ2) is 11.2. The number of unbranched alkanes of at least 4 members (excludes halogenated alkanes) is 1. The summed E-state index contributed by atoms with van der Waals surface area (Å²) in [7, 11) is 0. The minimum absolute atomic E-state index is 0.132. The highest BCUT2D eigenvalue weighted by atomic mass is 16.5. The highest BCUT2D eigenvalue weighted by Gasteiger charge is 2.15. The van der Waals surface area contributed by atoms with Gasteiger partial charge in [-0.05, 0) is 25.8 Å². The van der Waals surface area contributed by atoms with Crippen molar-refractivity contribution in [3.63, 3.8) is 0 Å². The van der Waals surface area contributed by atoms with Crippen molar-refractivity contribution in [3.8, 4) is 0 Å². The Morgan fingerprint density at radius 1 is 1.23 bits per heavy atom. The lowest BCUT2D eigenvalue weighted by Crippen LogP contribution is -2.37. The van der Waals surface area contributed by atoms with Gasteiger partial charge in [0.2, 0.25) is 0 Å². The molecule has 0 amide bonds. The number of hydrogen-bond acceptors (Lipinski definition) is 5. The number of morpholine rings is 1. The normalized spacial score (nSPS) is 17.5. The first-order chi connectivity index (χ1) is 10.6. The van der Waals surface area contributed by atoms with Crippen LogP contribution >= 0.6 is 0 Å². The van der Waals surface area contributed by atoms with Crippen LogP contribution < -0.4 is 0 Å². The van der Waals surface area contributed by atoms with Gasteiger partial charge in [0.15, 0.2) is 0 Å². The van der Waals surface area contributed by atoms with Crippen LogP contribution in [0.25, 0.3) is 0 Å². The van der Waals surface area contributed by atoms with E-state index in [1.807, 2.05) is 0 Å². The van der Waals surface area contributed by atoms with Crippen molar-refractivity contribution in [1.29, 1.82) is 0 Å². The molecule has 1 aliphatic heterocycles. The molecule has 1 unspecified atom stereocenters. The molecule has 0 aliphatic carbocycles. The van der Waals surface area contributed by atoms with Gasteiger partial charge in [0, 0.05) is 25.2 Å². The third kappa shape index (κ3) is 8.79. The van der Waals surface area contributed by atoms with Gasteiger partial charge in [-0.2, -0.15) is 0 Å². The van der Waals surface area contributed by atoms with Crippen LogP contribution in [0.2, 0.25) is 0 Å². The van der Waals surface area contributed by atoms with Crippen LogP contribution in [0, 0.1) is 0 Å². The molecule has 0 radical (unpaired) electrons. The maximum absolute atomic E-state index is 11.6. The van der Waals surface area contributed by atoms with E-state index in [1.54, 1.807) is 0 Å². The number of carboxylic acids is 1. The molecule has 1 rings (SSSR count). The Bertz CT molecular complexity index is 364. The summed E-state index contributed by atoms with van der Waals surface area (Å²) in [4.78, 5) is 24.3. The summed E-state index contributed by atoms with van der Waals surface area (Å²) >= 11 is 0. The fourth-order valence-electron chi connectivity index (χ4n) is 2.40. The molecule has 0 aromatic heterocycles. The third-order valence-electron chi connectivity index (χ3n) is 3.63. The predicted octanol–water partition coefficient (Wildman–Crippen LogP) is 1.84. The highest BCUT2D eigenvalue weighted by Crippen LogP contribution is 2.13. The van der Waals surface area contributed by atoms with E-state index in [0.29, 0.717) is 0 Å². The maximum Gasteiger partial charge on any atom is 0.331 e. The fraction of sp³-hybridized carbons (Fsp3) is 0.750. The number of ether oxygens (including phenoxy) is 2. The van der Waals surface area contributed by atoms with Gasteiger partial charge in [-0.25, -0.2) is 9.59 Å². The van der Waals surface area contributed by atoms with Gasteiger partial charge >= 0.3 is 11.9 Å². The van der Waals surface area contributed by atoms with Gasteiger partial charge in [-0.3, -0.25) is 4.90 Å². The van der Waals surface area contributed by atoms with Crippen LogP contribution in [0.3, 0.4) is 0 Å². The Morgan fingerprint density at radius 3 is 2.55 bits per heavy atom. The van der Waals surface area contributed by atoms with Gasteiger partial charge in [-0.15, -0.1) is 0 Å². The minimum Gasteiger partial charge on any atom is -0.478 e. The van der Waals surface area contributed by atoms with Crippen molar-refractivity contribution in [2.75, 3.05) is 32.8 Å². The summed E-state index contributed by atoms with van der Waals surface area (Å²) in [6, 6.07) is 0. The van der Waals surface area contributed by atoms with E-state index in [0.717, 1.165) is 77.1 Å². The first-order valence-electron chi connectivity index (χ1n) is 8.03. The lowest BCUT2D eigenvalue weighted by atomic mass is 10.1. The molecule has 1 heterocycles. The van der Waals surface area contributed by atoms with Crippen molar-refractivity contribution >= 4 is 11.9 Å². The lowest BCUT2D eigenvalue weighted by Gasteiger charge is -2.27. The number of rotatable bonds is 10. The SMILES string of the molecule is CCCCC(CCCN1CCOCC1)OC(=O)C=CC(=O)O. The lowest BCUT2D eigenvalue weighted by molar-refractivity contribution is -0.144. The standard InChI is InChI=1S/C16H27NO5/c1-2-3-5-14(22-16(20)8-7-15(18)19)6-4-9-17-10-12-21-13-11-17/h7-8,14H,2-6,9-13H2,1H3,(H,18,19). The summed E-state index contributed by atoms with van der Waals surface area (Å²) in [5.74, 6) is -1.72. The number of aliphatic carboxylic acids is 1. The molecule has 22 heavy (non-hydrogen) atoms. The van der Waals surface area contributed by atoms with E-state index >= 15 is 0 Å². The van der Waals surface area contributed by atoms with Crippen LogP contribution in [0.15, 0.2) is 12.2 Å². The predicted molar refractivity (Wildman–Crippen MR) is 82.7 cm³/mol. The van der Waals surface area contributed by atoms with Crippen molar-refractivity contribution in [1.82, 2.24) is 4.90 Å². The molecule has 1 N–H and O–H groups in total. The zero-order valence-electron chi connectivity index (χ0n) is 13.3. The third-order valence-corrected chi connectivity index (χ3v) is 3.63. The molecule has 0 spiro atoms. The Balaban J connectivity index is 2.32. The molecule has 0 saturated carbocycles. The monoisotopic (exact) mass is 313 g/mol. The zero-order valence-corrected chi connectivity index (χ0v) is 13.3. The van der Waals surface area contributed by atoms with E-state index in [1.165, 1.54) is 0 Å². The van der Waals surface area contributed by atoms with Crippen LogP contribution in [-0.4, -0.2) is 60.9 Å². The number of esters is 1. The van der Waals surface area contributed by atoms with Crippen LogP contribution in [0.4, 0.5) is 0 Å². The average Bonchev–Trinajstić information content (AvgIpc) is 2.51. The van der Waals surface area contributed by atoms with Crippen LogP contribution in [0.5, 0.6) is 0 Å². The molecular weight excluding hydrogens is 286 g/mol. The number of carbonyl (C=O) groups is 2. The second-order valence-electron chi connectivity index (χ2n) is 5.47.